The van der Waals surface area contributed by atoms with Crippen molar-refractivity contribution in [2.24, 2.45) is 5.92 Å². The molecule has 36 heavy (non-hydrogen) atoms. The van der Waals surface area contributed by atoms with E-state index in [1.165, 1.54) is 21.3 Å². The molecule has 0 radical (unpaired) electrons. The first-order valence-electron chi connectivity index (χ1n) is 11.4. The fourth-order valence-electron chi connectivity index (χ4n) is 3.64. The average molecular weight is 498 g/mol. The second-order valence-electron chi connectivity index (χ2n) is 8.46. The van der Waals surface area contributed by atoms with Gasteiger partial charge >= 0.3 is 11.4 Å². The van der Waals surface area contributed by atoms with Crippen LogP contribution in [0.2, 0.25) is 0 Å². The van der Waals surface area contributed by atoms with E-state index >= 15 is 0 Å². The quantitative estimate of drug-likeness (QED) is 0.308. The third-order valence-electron chi connectivity index (χ3n) is 5.37. The summed E-state index contributed by atoms with van der Waals surface area (Å²) in [5.74, 6) is 0.403. The summed E-state index contributed by atoms with van der Waals surface area (Å²) in [6.45, 7) is 4.14. The van der Waals surface area contributed by atoms with E-state index in [-0.39, 0.29) is 36.2 Å². The first kappa shape index (κ1) is 26.4. The zero-order valence-corrected chi connectivity index (χ0v) is 21.0. The fourth-order valence-corrected chi connectivity index (χ4v) is 3.64. The number of nitrogens with zero attached hydrogens (tertiary/aromatic N) is 1. The van der Waals surface area contributed by atoms with E-state index in [0.717, 1.165) is 5.56 Å². The molecule has 0 aliphatic heterocycles. The number of rotatable bonds is 11. The van der Waals surface area contributed by atoms with Crippen molar-refractivity contribution < 1.29 is 28.5 Å². The lowest BCUT2D eigenvalue weighted by Crippen LogP contribution is -2.44. The van der Waals surface area contributed by atoms with E-state index in [0.29, 0.717) is 34.1 Å². The third kappa shape index (κ3) is 6.07. The Hall–Kier alpha value is -4.21. The number of hydrogen-bond donors (Lipinski definition) is 2. The predicted molar refractivity (Wildman–Crippen MR) is 133 cm³/mol. The van der Waals surface area contributed by atoms with Crippen molar-refractivity contribution in [3.8, 4) is 23.1 Å². The number of benzene rings is 2. The molecule has 0 saturated carbocycles. The Morgan fingerprint density at radius 1 is 1.03 bits per heavy atom. The number of aromatic nitrogens is 2. The van der Waals surface area contributed by atoms with Crippen LogP contribution < -0.4 is 34.6 Å². The van der Waals surface area contributed by atoms with Gasteiger partial charge in [0.15, 0.2) is 11.5 Å². The normalized spacial score (nSPS) is 10.7. The van der Waals surface area contributed by atoms with E-state index in [4.69, 9.17) is 18.9 Å². The van der Waals surface area contributed by atoms with Crippen molar-refractivity contribution in [1.82, 2.24) is 10.3 Å². The van der Waals surface area contributed by atoms with Crippen molar-refractivity contribution in [2.75, 3.05) is 21.3 Å². The molecule has 3 rings (SSSR count). The lowest BCUT2D eigenvalue weighted by molar-refractivity contribution is -0.622. The maximum Gasteiger partial charge on any atom is 0.409 e. The molecule has 0 fully saturated rings. The van der Waals surface area contributed by atoms with Crippen LogP contribution >= 0.6 is 0 Å². The number of H-pyrrole nitrogens is 1. The third-order valence-corrected chi connectivity index (χ3v) is 5.37. The van der Waals surface area contributed by atoms with E-state index in [9.17, 15) is 14.8 Å². The minimum atomic E-state index is -0.674. The van der Waals surface area contributed by atoms with Gasteiger partial charge in [-0.3, -0.25) is 9.59 Å². The molecule has 1 amide bonds. The SMILES string of the molecule is COc1cc(CNC(=O)c2[nH]c(=O)c(CC(C)C)[n+]([O-])c2OC)cc(OC)c1OCc1ccccc1. The van der Waals surface area contributed by atoms with Gasteiger partial charge < -0.3 is 34.5 Å². The van der Waals surface area contributed by atoms with Crippen molar-refractivity contribution in [3.05, 3.63) is 80.5 Å². The second-order valence-corrected chi connectivity index (χ2v) is 8.46. The molecule has 1 heterocycles. The predicted octanol–water partition coefficient (Wildman–Crippen LogP) is 2.74. The highest BCUT2D eigenvalue weighted by Crippen LogP contribution is 2.39. The van der Waals surface area contributed by atoms with E-state index in [1.54, 1.807) is 12.1 Å². The lowest BCUT2D eigenvalue weighted by atomic mass is 10.1. The number of carbonyl (C=O) groups is 1. The van der Waals surface area contributed by atoms with E-state index < -0.39 is 11.5 Å². The van der Waals surface area contributed by atoms with Gasteiger partial charge in [0.25, 0.3) is 11.6 Å². The van der Waals surface area contributed by atoms with Gasteiger partial charge in [-0.25, -0.2) is 0 Å². The van der Waals surface area contributed by atoms with Crippen molar-refractivity contribution >= 4 is 5.91 Å². The van der Waals surface area contributed by atoms with E-state index in [2.05, 4.69) is 10.3 Å². The summed E-state index contributed by atoms with van der Waals surface area (Å²) in [6.07, 6.45) is 0.245. The minimum absolute atomic E-state index is 0.0148. The average Bonchev–Trinajstić information content (AvgIpc) is 2.88. The van der Waals surface area contributed by atoms with Crippen LogP contribution in [0.15, 0.2) is 47.3 Å². The van der Waals surface area contributed by atoms with Crippen molar-refractivity contribution in [3.63, 3.8) is 0 Å². The van der Waals surface area contributed by atoms with Gasteiger partial charge in [0.2, 0.25) is 11.4 Å². The molecule has 192 valence electrons. The molecule has 0 atom stereocenters. The summed E-state index contributed by atoms with van der Waals surface area (Å²) < 4.78 is 22.4. The Bertz CT molecular complexity index is 1230. The molecule has 0 aliphatic carbocycles. The van der Waals surface area contributed by atoms with Gasteiger partial charge in [-0.1, -0.05) is 44.2 Å². The Balaban J connectivity index is 1.81. The molecule has 0 aliphatic rings. The molecule has 0 spiro atoms. The highest BCUT2D eigenvalue weighted by atomic mass is 16.5. The van der Waals surface area contributed by atoms with E-state index in [1.807, 2.05) is 44.2 Å². The molecule has 2 N–H and O–H groups in total. The molecular weight excluding hydrogens is 466 g/mol. The van der Waals surface area contributed by atoms with Crippen LogP contribution in [0.4, 0.5) is 0 Å². The molecule has 10 nitrogen and oxygen atoms in total. The number of carbonyl (C=O) groups excluding carboxylic acids is 1. The summed E-state index contributed by atoms with van der Waals surface area (Å²) >= 11 is 0. The summed E-state index contributed by atoms with van der Waals surface area (Å²) in [6, 6.07) is 13.1. The zero-order valence-electron chi connectivity index (χ0n) is 21.0. The van der Waals surface area contributed by atoms with Gasteiger partial charge in [-0.05, 0) is 29.2 Å². The highest BCUT2D eigenvalue weighted by Gasteiger charge is 2.27. The van der Waals surface area contributed by atoms with Crippen LogP contribution in [0.25, 0.3) is 0 Å². The maximum atomic E-state index is 12.9. The van der Waals surface area contributed by atoms with Crippen LogP contribution in [-0.2, 0) is 19.6 Å². The second kappa shape index (κ2) is 12.0. The Morgan fingerprint density at radius 3 is 2.22 bits per heavy atom. The summed E-state index contributed by atoms with van der Waals surface area (Å²) in [7, 11) is 4.28. The minimum Gasteiger partial charge on any atom is -0.616 e. The number of nitrogens with one attached hydrogen (secondary N) is 2. The standard InChI is InChI=1S/C26H31N3O7/c1-16(2)11-19-24(30)28-22(26(35-5)29(19)32)25(31)27-14-18-12-20(33-3)23(21(13-18)34-4)36-15-17-9-7-6-8-10-17/h6-10,12-13,16H,11,14-15H2,1-5H3,(H,27,31)(H,28,30). The number of methoxy groups -OCH3 is 3. The number of aromatic amines is 1. The molecule has 3 aromatic rings. The van der Waals surface area contributed by atoms with Crippen LogP contribution in [0.5, 0.6) is 23.1 Å². The zero-order chi connectivity index (χ0) is 26.2. The van der Waals surface area contributed by atoms with Crippen LogP contribution in [0.3, 0.4) is 0 Å². The van der Waals surface area contributed by atoms with Crippen molar-refractivity contribution in [1.29, 1.82) is 0 Å². The molecule has 10 heteroatoms. The topological polar surface area (TPSA) is 126 Å². The van der Waals surface area contributed by atoms with Gasteiger partial charge in [-0.15, -0.1) is 4.73 Å². The fraction of sp³-hybridized carbons (Fsp3) is 0.346. The summed E-state index contributed by atoms with van der Waals surface area (Å²) in [5.41, 5.74) is 0.728. The number of amides is 1. The smallest absolute Gasteiger partial charge is 0.409 e. The molecule has 0 bridgehead atoms. The monoisotopic (exact) mass is 497 g/mol. The Kier molecular flexibility index (Phi) is 8.77. The van der Waals surface area contributed by atoms with Gasteiger partial charge in [0.1, 0.15) is 6.61 Å². The van der Waals surface area contributed by atoms with Gasteiger partial charge in [-0.2, -0.15) is 0 Å². The van der Waals surface area contributed by atoms with Crippen molar-refractivity contribution in [2.45, 2.75) is 33.4 Å². The summed E-state index contributed by atoms with van der Waals surface area (Å²) in [4.78, 5) is 27.8. The van der Waals surface area contributed by atoms with Crippen LogP contribution in [0, 0.1) is 11.1 Å². The summed E-state index contributed by atoms with van der Waals surface area (Å²) in [5, 5.41) is 15.4. The largest absolute Gasteiger partial charge is 0.616 e. The maximum absolute atomic E-state index is 12.9. The Labute approximate surface area is 209 Å². The molecular formula is C26H31N3O7. The molecule has 0 saturated heterocycles. The first-order chi connectivity index (χ1) is 17.3. The lowest BCUT2D eigenvalue weighted by Gasteiger charge is -2.17. The van der Waals surface area contributed by atoms with Gasteiger partial charge in [0.05, 0.1) is 21.3 Å². The van der Waals surface area contributed by atoms with Gasteiger partial charge in [0, 0.05) is 13.0 Å². The number of ether oxygens (including phenoxy) is 4. The highest BCUT2D eigenvalue weighted by molar-refractivity contribution is 5.93. The first-order valence-corrected chi connectivity index (χ1v) is 11.4. The molecule has 1 aromatic heterocycles. The van der Waals surface area contributed by atoms with Crippen LogP contribution in [0.1, 0.15) is 41.2 Å². The van der Waals surface area contributed by atoms with Crippen LogP contribution in [-0.4, -0.2) is 32.2 Å². The Morgan fingerprint density at radius 2 is 1.67 bits per heavy atom. The number of hydrogen-bond acceptors (Lipinski definition) is 7. The molecule has 2 aromatic carbocycles. The molecule has 0 unspecified atom stereocenters.